The molecule has 10 rings (SSSR count). The zero-order chi connectivity index (χ0) is 64.1. The standard InChI is InChI=1S/2C28H43ClN5O9P/c2*1-8-39-44(7,37)19(14-35)38-15-18-20-21(42-28(5,6)41-20)24(40-18)34-23-17(13-30-34)22(31-25(29)32-23)33(16-11-9-10-12-16)26(36)43-27(2,3)4/h2*13,16,18-21,24,35H,8-12,14-15H2,1-7H3/t18-,19+,20-,21-,24-,44?;18-,19-,20-,21-,24-,44?/m11/s1. The number of nitrogens with zero attached hydrogens (tertiary/aromatic N) is 10. The largest absolute Gasteiger partial charge is 0.443 e. The molecule has 6 aliphatic rings. The van der Waals surface area contributed by atoms with Gasteiger partial charge in [0.1, 0.15) is 47.8 Å². The molecule has 4 aromatic heterocycles. The molecule has 0 spiro atoms. The van der Waals surface area contributed by atoms with Gasteiger partial charge in [0.05, 0.1) is 62.8 Å². The van der Waals surface area contributed by atoms with Crippen molar-refractivity contribution in [3.05, 3.63) is 23.0 Å². The third-order valence-corrected chi connectivity index (χ3v) is 20.2. The predicted octanol–water partition coefficient (Wildman–Crippen LogP) is 9.72. The van der Waals surface area contributed by atoms with Gasteiger partial charge in [0.15, 0.2) is 58.7 Å². The number of amides is 2. The van der Waals surface area contributed by atoms with Gasteiger partial charge in [0.2, 0.25) is 25.3 Å². The summed E-state index contributed by atoms with van der Waals surface area (Å²) in [6.45, 7) is 23.7. The highest BCUT2D eigenvalue weighted by atomic mass is 35.5. The highest BCUT2D eigenvalue weighted by molar-refractivity contribution is 7.59. The van der Waals surface area contributed by atoms with E-state index < -0.39 is 124 Å². The van der Waals surface area contributed by atoms with Crippen LogP contribution in [0.25, 0.3) is 22.1 Å². The second-order valence-corrected chi connectivity index (χ2v) is 31.7. The fraction of sp³-hybridized carbons (Fsp3) is 0.786. The lowest BCUT2D eigenvalue weighted by Crippen LogP contribution is -2.43. The highest BCUT2D eigenvalue weighted by Gasteiger charge is 2.59. The SMILES string of the molecule is CCOP(C)(=O)[C@@H](CO)OC[C@H]1O[C@@H](n2ncc3c(N(C(=O)OC(C)(C)C)C4CCCC4)nc(Cl)nc32)[C@@H]2OC(C)(C)O[C@@H]21.CCOP(C)(=O)[C@H](CO)OC[C@H]1O[C@@H](n2ncc3c(N(C(=O)OC(C)(C)C)C4CCCC4)nc(Cl)nc32)[C@@H]2OC(C)(C)O[C@@H]21. The van der Waals surface area contributed by atoms with Crippen LogP contribution in [-0.2, 0) is 65.5 Å². The van der Waals surface area contributed by atoms with E-state index in [0.717, 1.165) is 51.4 Å². The Bertz CT molecular complexity index is 3000. The fourth-order valence-electron chi connectivity index (χ4n) is 12.0. The Balaban J connectivity index is 0.000000209. The van der Waals surface area contributed by atoms with Gasteiger partial charge >= 0.3 is 12.2 Å². The number of hydrogen-bond donors (Lipinski definition) is 2. The van der Waals surface area contributed by atoms with Gasteiger partial charge in [-0.15, -0.1) is 0 Å². The lowest BCUT2D eigenvalue weighted by molar-refractivity contribution is -0.204. The molecule has 4 aromatic rings. The number of carbonyl (C=O) groups is 2. The van der Waals surface area contributed by atoms with E-state index in [1.807, 2.05) is 41.5 Å². The lowest BCUT2D eigenvalue weighted by Gasteiger charge is -2.31. The molecule has 0 bridgehead atoms. The minimum atomic E-state index is -3.25. The molecule has 492 valence electrons. The van der Waals surface area contributed by atoms with E-state index in [1.54, 1.807) is 73.1 Å². The van der Waals surface area contributed by atoms with Crippen molar-refractivity contribution in [2.75, 3.05) is 62.8 Å². The summed E-state index contributed by atoms with van der Waals surface area (Å²) in [6, 6.07) is -0.233. The van der Waals surface area contributed by atoms with E-state index in [-0.39, 0.29) is 49.1 Å². The second-order valence-electron chi connectivity index (χ2n) is 25.7. The predicted molar refractivity (Wildman–Crippen MR) is 322 cm³/mol. The maximum absolute atomic E-state index is 13.5. The maximum Gasteiger partial charge on any atom is 0.416 e. The minimum Gasteiger partial charge on any atom is -0.443 e. The monoisotopic (exact) mass is 1320 g/mol. The Kier molecular flexibility index (Phi) is 21.1. The summed E-state index contributed by atoms with van der Waals surface area (Å²) in [5.41, 5.74) is -0.748. The van der Waals surface area contributed by atoms with Gasteiger partial charge < -0.3 is 66.6 Å². The first-order chi connectivity index (χ1) is 41.3. The summed E-state index contributed by atoms with van der Waals surface area (Å²) < 4.78 is 101. The average Bonchev–Trinajstić information content (AvgIpc) is 1.83. The molecule has 0 aromatic carbocycles. The third kappa shape index (κ3) is 15.3. The van der Waals surface area contributed by atoms with Crippen molar-refractivity contribution in [1.82, 2.24) is 39.5 Å². The van der Waals surface area contributed by atoms with Crippen LogP contribution in [0.3, 0.4) is 0 Å². The number of fused-ring (bicyclic) bond motifs is 4. The number of rotatable bonds is 20. The summed E-state index contributed by atoms with van der Waals surface area (Å²) >= 11 is 13.0. The molecule has 4 aliphatic heterocycles. The molecule has 0 radical (unpaired) electrons. The van der Waals surface area contributed by atoms with Gasteiger partial charge in [0.25, 0.3) is 0 Å². The molecule has 28 nitrogen and oxygen atoms in total. The van der Waals surface area contributed by atoms with E-state index >= 15 is 0 Å². The fourth-order valence-corrected chi connectivity index (χ4v) is 15.0. The summed E-state index contributed by atoms with van der Waals surface area (Å²) in [5, 5.41) is 29.8. The summed E-state index contributed by atoms with van der Waals surface area (Å²) in [7, 11) is -6.50. The van der Waals surface area contributed by atoms with Crippen LogP contribution in [0.5, 0.6) is 0 Å². The van der Waals surface area contributed by atoms with Crippen molar-refractivity contribution in [3.8, 4) is 0 Å². The molecular weight excluding hydrogens is 1230 g/mol. The molecule has 2 aliphatic carbocycles. The van der Waals surface area contributed by atoms with Gasteiger partial charge in [0, 0.05) is 25.4 Å². The maximum atomic E-state index is 13.5. The molecule has 88 heavy (non-hydrogen) atoms. The molecule has 2 unspecified atom stereocenters. The van der Waals surface area contributed by atoms with E-state index in [0.29, 0.717) is 33.7 Å². The Morgan fingerprint density at radius 3 is 1.28 bits per heavy atom. The Labute approximate surface area is 522 Å². The second kappa shape index (κ2) is 27.0. The number of carbonyl (C=O) groups excluding carboxylic acids is 2. The molecule has 8 heterocycles. The van der Waals surface area contributed by atoms with Crippen molar-refractivity contribution < 1.29 is 85.3 Å². The first-order valence-electron chi connectivity index (χ1n) is 30.0. The van der Waals surface area contributed by atoms with Crippen molar-refractivity contribution in [1.29, 1.82) is 0 Å². The molecule has 4 saturated heterocycles. The van der Waals surface area contributed by atoms with Crippen molar-refractivity contribution in [3.63, 3.8) is 0 Å². The molecular formula is C56H86Cl2N10O18P2. The van der Waals surface area contributed by atoms with Gasteiger partial charge in [-0.05, 0) is 132 Å². The number of hydrogen-bond acceptors (Lipinski definition) is 24. The van der Waals surface area contributed by atoms with Crippen LogP contribution in [0.2, 0.25) is 10.6 Å². The highest BCUT2D eigenvalue weighted by Crippen LogP contribution is 2.52. The van der Waals surface area contributed by atoms with Crippen molar-refractivity contribution >= 4 is 83.8 Å². The van der Waals surface area contributed by atoms with Crippen LogP contribution >= 0.6 is 37.9 Å². The van der Waals surface area contributed by atoms with E-state index in [4.69, 9.17) is 79.6 Å². The van der Waals surface area contributed by atoms with Crippen LogP contribution in [0.4, 0.5) is 21.2 Å². The van der Waals surface area contributed by atoms with Crippen molar-refractivity contribution in [2.24, 2.45) is 0 Å². The number of ether oxygens (including phenoxy) is 10. The molecule has 2 N–H and O–H groups in total. The minimum absolute atomic E-state index is 0.0540. The van der Waals surface area contributed by atoms with Crippen molar-refractivity contribution in [2.45, 2.75) is 230 Å². The number of aliphatic hydroxyl groups excluding tert-OH is 2. The van der Waals surface area contributed by atoms with Crippen LogP contribution in [0.15, 0.2) is 12.4 Å². The lowest BCUT2D eigenvalue weighted by atomic mass is 10.1. The topological polar surface area (TPSA) is 313 Å². The first kappa shape index (κ1) is 68.6. The van der Waals surface area contributed by atoms with Crippen LogP contribution in [-0.4, -0.2) is 198 Å². The average molecular weight is 1320 g/mol. The summed E-state index contributed by atoms with van der Waals surface area (Å²) in [6.07, 6.45) is 3.88. The van der Waals surface area contributed by atoms with E-state index in [1.165, 1.54) is 13.3 Å². The Hall–Kier alpha value is -3.80. The molecule has 2 amide bonds. The van der Waals surface area contributed by atoms with Gasteiger partial charge in [-0.1, -0.05) is 25.7 Å². The molecule has 6 fully saturated rings. The van der Waals surface area contributed by atoms with Crippen LogP contribution < -0.4 is 9.80 Å². The smallest absolute Gasteiger partial charge is 0.416 e. The van der Waals surface area contributed by atoms with E-state index in [2.05, 4.69) is 30.1 Å². The number of aliphatic hydroxyl groups is 2. The zero-order valence-electron chi connectivity index (χ0n) is 52.5. The Morgan fingerprint density at radius 2 is 0.966 bits per heavy atom. The Morgan fingerprint density at radius 1 is 0.625 bits per heavy atom. The van der Waals surface area contributed by atoms with Crippen LogP contribution in [0, 0.1) is 0 Å². The van der Waals surface area contributed by atoms with Gasteiger partial charge in [-0.2, -0.15) is 30.1 Å². The normalized spacial score (nSPS) is 27.4. The van der Waals surface area contributed by atoms with Gasteiger partial charge in [-0.25, -0.2) is 19.0 Å². The zero-order valence-corrected chi connectivity index (χ0v) is 55.8. The third-order valence-electron chi connectivity index (χ3n) is 15.6. The number of aromatic nitrogens is 8. The summed E-state index contributed by atoms with van der Waals surface area (Å²) in [5.74, 6) is -3.32. The van der Waals surface area contributed by atoms with E-state index in [9.17, 15) is 28.9 Å². The molecule has 32 heteroatoms. The number of halogens is 2. The quantitative estimate of drug-likeness (QED) is 0.0614. The van der Waals surface area contributed by atoms with Gasteiger partial charge in [-0.3, -0.25) is 18.9 Å². The van der Waals surface area contributed by atoms with Crippen LogP contribution in [0.1, 0.15) is 147 Å². The molecule has 12 atom stereocenters. The number of anilines is 2. The first-order valence-corrected chi connectivity index (χ1v) is 35.1. The summed E-state index contributed by atoms with van der Waals surface area (Å²) in [4.78, 5) is 48.2. The molecule has 2 saturated carbocycles.